The van der Waals surface area contributed by atoms with Crippen molar-refractivity contribution in [2.45, 2.75) is 17.4 Å². The van der Waals surface area contributed by atoms with Gasteiger partial charge in [-0.05, 0) is 12.1 Å². The van der Waals surface area contributed by atoms with Crippen LogP contribution >= 0.6 is 11.8 Å². The van der Waals surface area contributed by atoms with Crippen LogP contribution in [0.25, 0.3) is 0 Å². The Balaban J connectivity index is 2.47. The third-order valence-corrected chi connectivity index (χ3v) is 3.30. The molecule has 0 bridgehead atoms. The molecule has 0 aliphatic carbocycles. The first-order valence-corrected chi connectivity index (χ1v) is 6.53. The Labute approximate surface area is 113 Å². The fraction of sp³-hybridized carbons (Fsp3) is 0.333. The minimum absolute atomic E-state index is 0.0640. The molecule has 0 fully saturated rings. The Hall–Kier alpha value is -1.60. The van der Waals surface area contributed by atoms with E-state index in [4.69, 9.17) is 10.2 Å². The van der Waals surface area contributed by atoms with Gasteiger partial charge in [0.25, 0.3) is 0 Å². The van der Waals surface area contributed by atoms with Crippen LogP contribution in [0, 0.1) is 5.82 Å². The maximum atomic E-state index is 13.3. The topological polar surface area (TPSA) is 86.6 Å². The zero-order valence-corrected chi connectivity index (χ0v) is 10.8. The first kappa shape index (κ1) is 15.5. The summed E-state index contributed by atoms with van der Waals surface area (Å²) >= 11 is 0.984. The number of aliphatic hydroxyl groups is 1. The monoisotopic (exact) mass is 287 g/mol. The van der Waals surface area contributed by atoms with E-state index in [1.54, 1.807) is 12.1 Å². The third-order valence-electron chi connectivity index (χ3n) is 2.25. The zero-order chi connectivity index (χ0) is 14.3. The van der Waals surface area contributed by atoms with E-state index < -0.39 is 23.7 Å². The fourth-order valence-electron chi connectivity index (χ4n) is 1.33. The molecule has 0 radical (unpaired) electrons. The number of aliphatic carboxylic acids is 1. The van der Waals surface area contributed by atoms with Crippen LogP contribution in [0.15, 0.2) is 29.2 Å². The molecule has 104 valence electrons. The second-order valence-corrected chi connectivity index (χ2v) is 4.71. The molecule has 0 unspecified atom stereocenters. The van der Waals surface area contributed by atoms with Gasteiger partial charge in [-0.3, -0.25) is 4.79 Å². The number of carboxylic acids is 1. The lowest BCUT2D eigenvalue weighted by atomic mass is 10.2. The Morgan fingerprint density at radius 3 is 2.63 bits per heavy atom. The lowest BCUT2D eigenvalue weighted by molar-refractivity contribution is -0.141. The molecule has 0 saturated carbocycles. The second kappa shape index (κ2) is 7.75. The largest absolute Gasteiger partial charge is 0.480 e. The first-order chi connectivity index (χ1) is 9.04. The molecule has 0 aliphatic heterocycles. The molecule has 0 aliphatic rings. The van der Waals surface area contributed by atoms with Crippen LogP contribution in [0.4, 0.5) is 4.39 Å². The number of carbonyl (C=O) groups is 2. The van der Waals surface area contributed by atoms with Gasteiger partial charge in [0.2, 0.25) is 5.91 Å². The van der Waals surface area contributed by atoms with Gasteiger partial charge in [-0.25, -0.2) is 9.18 Å². The van der Waals surface area contributed by atoms with E-state index >= 15 is 0 Å². The number of benzene rings is 1. The highest BCUT2D eigenvalue weighted by Gasteiger charge is 2.19. The van der Waals surface area contributed by atoms with Gasteiger partial charge in [-0.15, -0.1) is 11.8 Å². The highest BCUT2D eigenvalue weighted by atomic mass is 32.2. The lowest BCUT2D eigenvalue weighted by Crippen LogP contribution is -2.42. The molecular formula is C12H14FNO4S. The number of aliphatic hydroxyl groups excluding tert-OH is 1. The minimum Gasteiger partial charge on any atom is -0.480 e. The summed E-state index contributed by atoms with van der Waals surface area (Å²) in [7, 11) is 0. The van der Waals surface area contributed by atoms with Crippen molar-refractivity contribution < 1.29 is 24.2 Å². The predicted octanol–water partition coefficient (Wildman–Crippen LogP) is 0.870. The molecule has 19 heavy (non-hydrogen) atoms. The quantitative estimate of drug-likeness (QED) is 0.648. The summed E-state index contributed by atoms with van der Waals surface area (Å²) in [5.74, 6) is -2.24. The Bertz CT molecular complexity index is 455. The average molecular weight is 287 g/mol. The predicted molar refractivity (Wildman–Crippen MR) is 68.4 cm³/mol. The number of amides is 1. The van der Waals surface area contributed by atoms with Crippen LogP contribution in [0.5, 0.6) is 0 Å². The van der Waals surface area contributed by atoms with Crippen molar-refractivity contribution in [1.29, 1.82) is 0 Å². The fourth-order valence-corrected chi connectivity index (χ4v) is 2.08. The average Bonchev–Trinajstić information content (AvgIpc) is 2.37. The molecule has 0 saturated heterocycles. The lowest BCUT2D eigenvalue weighted by Gasteiger charge is -2.12. The normalized spacial score (nSPS) is 11.9. The number of rotatable bonds is 7. The molecule has 7 heteroatoms. The van der Waals surface area contributed by atoms with Crippen molar-refractivity contribution in [3.8, 4) is 0 Å². The highest BCUT2D eigenvalue weighted by molar-refractivity contribution is 8.00. The number of carbonyl (C=O) groups excluding carboxylic acids is 1. The molecular weight excluding hydrogens is 273 g/mol. The van der Waals surface area contributed by atoms with Gasteiger partial charge < -0.3 is 15.5 Å². The van der Waals surface area contributed by atoms with Gasteiger partial charge in [-0.1, -0.05) is 12.1 Å². The van der Waals surface area contributed by atoms with E-state index in [9.17, 15) is 14.0 Å². The maximum Gasteiger partial charge on any atom is 0.326 e. The standard InChI is InChI=1S/C12H14FNO4S/c13-8-3-1-2-4-10(8)19-7-11(16)14-9(5-6-15)12(17)18/h1-4,9,15H,5-7H2,(H,14,16)(H,17,18)/t9-/m1/s1. The van der Waals surface area contributed by atoms with E-state index in [1.807, 2.05) is 0 Å². The van der Waals surface area contributed by atoms with E-state index in [0.717, 1.165) is 11.8 Å². The van der Waals surface area contributed by atoms with Crippen molar-refractivity contribution in [3.05, 3.63) is 30.1 Å². The Morgan fingerprint density at radius 2 is 2.05 bits per heavy atom. The summed E-state index contributed by atoms with van der Waals surface area (Å²) in [5, 5.41) is 19.7. The molecule has 1 aromatic rings. The third kappa shape index (κ3) is 5.27. The summed E-state index contributed by atoms with van der Waals surface area (Å²) in [5.41, 5.74) is 0. The van der Waals surface area contributed by atoms with Gasteiger partial charge in [0, 0.05) is 17.9 Å². The number of nitrogens with one attached hydrogen (secondary N) is 1. The van der Waals surface area contributed by atoms with Crippen molar-refractivity contribution in [3.63, 3.8) is 0 Å². The number of thioether (sulfide) groups is 1. The van der Waals surface area contributed by atoms with Crippen molar-refractivity contribution in [1.82, 2.24) is 5.32 Å². The van der Waals surface area contributed by atoms with E-state index in [1.165, 1.54) is 12.1 Å². The summed E-state index contributed by atoms with van der Waals surface area (Å²) in [4.78, 5) is 22.6. The molecule has 0 heterocycles. The van der Waals surface area contributed by atoms with Gasteiger partial charge in [0.15, 0.2) is 0 Å². The van der Waals surface area contributed by atoms with Gasteiger partial charge >= 0.3 is 5.97 Å². The molecule has 1 atom stereocenters. The second-order valence-electron chi connectivity index (χ2n) is 3.69. The maximum absolute atomic E-state index is 13.3. The van der Waals surface area contributed by atoms with E-state index in [-0.39, 0.29) is 18.8 Å². The SMILES string of the molecule is O=C(CSc1ccccc1F)N[C@H](CCO)C(=O)O. The highest BCUT2D eigenvalue weighted by Crippen LogP contribution is 2.20. The first-order valence-electron chi connectivity index (χ1n) is 5.55. The Kier molecular flexibility index (Phi) is 6.31. The van der Waals surface area contributed by atoms with Crippen LogP contribution in [-0.2, 0) is 9.59 Å². The van der Waals surface area contributed by atoms with Gasteiger partial charge in [0.1, 0.15) is 11.9 Å². The van der Waals surface area contributed by atoms with Crippen molar-refractivity contribution in [2.24, 2.45) is 0 Å². The van der Waals surface area contributed by atoms with Crippen molar-refractivity contribution >= 4 is 23.6 Å². The zero-order valence-electron chi connectivity index (χ0n) is 10.0. The Morgan fingerprint density at radius 1 is 1.37 bits per heavy atom. The van der Waals surface area contributed by atoms with Crippen LogP contribution in [-0.4, -0.2) is 40.5 Å². The van der Waals surface area contributed by atoms with E-state index in [2.05, 4.69) is 5.32 Å². The summed E-state index contributed by atoms with van der Waals surface area (Å²) in [6.07, 6.45) is -0.0640. The summed E-state index contributed by atoms with van der Waals surface area (Å²) in [6.45, 7) is -0.336. The molecule has 0 aromatic heterocycles. The van der Waals surface area contributed by atoms with Crippen LogP contribution in [0.2, 0.25) is 0 Å². The molecule has 1 amide bonds. The van der Waals surface area contributed by atoms with Gasteiger partial charge in [-0.2, -0.15) is 0 Å². The van der Waals surface area contributed by atoms with E-state index in [0.29, 0.717) is 4.90 Å². The van der Waals surface area contributed by atoms with Crippen LogP contribution in [0.3, 0.4) is 0 Å². The summed E-state index contributed by atoms with van der Waals surface area (Å²) < 4.78 is 13.3. The van der Waals surface area contributed by atoms with Gasteiger partial charge in [0.05, 0.1) is 5.75 Å². The number of hydrogen-bond acceptors (Lipinski definition) is 4. The molecule has 0 spiro atoms. The summed E-state index contributed by atoms with van der Waals surface area (Å²) in [6, 6.07) is 4.89. The minimum atomic E-state index is -1.21. The molecule has 5 nitrogen and oxygen atoms in total. The number of carboxylic acid groups (broad SMARTS) is 1. The van der Waals surface area contributed by atoms with Crippen LogP contribution in [0.1, 0.15) is 6.42 Å². The number of hydrogen-bond donors (Lipinski definition) is 3. The smallest absolute Gasteiger partial charge is 0.326 e. The van der Waals surface area contributed by atoms with Crippen LogP contribution < -0.4 is 5.32 Å². The molecule has 3 N–H and O–H groups in total. The van der Waals surface area contributed by atoms with Crippen molar-refractivity contribution in [2.75, 3.05) is 12.4 Å². The molecule has 1 rings (SSSR count). The number of halogens is 1. The molecule has 1 aromatic carbocycles.